The molecule has 0 unspecified atom stereocenters. The van der Waals surface area contributed by atoms with E-state index in [1.807, 2.05) is 49.3 Å². The molecule has 0 atom stereocenters. The van der Waals surface area contributed by atoms with Crippen molar-refractivity contribution in [3.8, 4) is 0 Å². The molecule has 24 heavy (non-hydrogen) atoms. The molecule has 6 heteroatoms. The predicted molar refractivity (Wildman–Crippen MR) is 105 cm³/mol. The summed E-state index contributed by atoms with van der Waals surface area (Å²) in [5.41, 5.74) is 2.28. The first-order chi connectivity index (χ1) is 11.5. The van der Waals surface area contributed by atoms with Crippen LogP contribution in [0.25, 0.3) is 0 Å². The topological polar surface area (TPSA) is 61.4 Å². The molecule has 2 rings (SSSR count). The van der Waals surface area contributed by atoms with Crippen LogP contribution in [0.4, 0.5) is 5.69 Å². The van der Waals surface area contributed by atoms with Crippen LogP contribution in [0.3, 0.4) is 0 Å². The Morgan fingerprint density at radius 2 is 1.50 bits per heavy atom. The second-order valence-electron chi connectivity index (χ2n) is 5.43. The third-order valence-corrected chi connectivity index (χ3v) is 4.40. The minimum atomic E-state index is -0.149. The molecule has 0 fully saturated rings. The maximum absolute atomic E-state index is 12.1. The Kier molecular flexibility index (Phi) is 6.60. The van der Waals surface area contributed by atoms with E-state index >= 15 is 0 Å². The Labute approximate surface area is 155 Å². The van der Waals surface area contributed by atoms with Crippen molar-refractivity contribution < 1.29 is 9.59 Å². The van der Waals surface area contributed by atoms with Gasteiger partial charge in [-0.1, -0.05) is 12.1 Å². The lowest BCUT2D eigenvalue weighted by Crippen LogP contribution is -2.34. The molecule has 0 spiro atoms. The molecule has 0 aliphatic carbocycles. The van der Waals surface area contributed by atoms with Gasteiger partial charge in [0, 0.05) is 42.0 Å². The van der Waals surface area contributed by atoms with Crippen molar-refractivity contribution in [3.63, 3.8) is 0 Å². The van der Waals surface area contributed by atoms with Gasteiger partial charge in [0.25, 0.3) is 11.8 Å². The van der Waals surface area contributed by atoms with Crippen molar-refractivity contribution in [1.82, 2.24) is 10.6 Å². The molecule has 0 saturated carbocycles. The Hall–Kier alpha value is -2.09. The number of carbonyl (C=O) groups is 2. The number of hydrogen-bond donors (Lipinski definition) is 2. The molecule has 2 aromatic rings. The Bertz CT molecular complexity index is 714. The smallest absolute Gasteiger partial charge is 0.252 e. The van der Waals surface area contributed by atoms with Crippen LogP contribution in [-0.4, -0.2) is 39.0 Å². The molecule has 0 saturated heterocycles. The number of halogens is 1. The maximum Gasteiger partial charge on any atom is 0.252 e. The molecule has 2 aromatic carbocycles. The van der Waals surface area contributed by atoms with Gasteiger partial charge in [-0.25, -0.2) is 0 Å². The normalized spacial score (nSPS) is 10.1. The lowest BCUT2D eigenvalue weighted by Gasteiger charge is -2.12. The van der Waals surface area contributed by atoms with E-state index in [2.05, 4.69) is 33.2 Å². The quantitative estimate of drug-likeness (QED) is 0.540. The van der Waals surface area contributed by atoms with Crippen LogP contribution in [0.1, 0.15) is 20.7 Å². The number of nitrogens with one attached hydrogen (secondary N) is 2. The highest BCUT2D eigenvalue weighted by molar-refractivity contribution is 14.1. The van der Waals surface area contributed by atoms with Gasteiger partial charge in [-0.2, -0.15) is 0 Å². The van der Waals surface area contributed by atoms with Gasteiger partial charge in [-0.05, 0) is 59.0 Å². The van der Waals surface area contributed by atoms with Gasteiger partial charge in [0.1, 0.15) is 0 Å². The summed E-state index contributed by atoms with van der Waals surface area (Å²) >= 11 is 2.13. The van der Waals surface area contributed by atoms with Crippen LogP contribution in [0.5, 0.6) is 0 Å². The van der Waals surface area contributed by atoms with E-state index in [1.165, 1.54) is 0 Å². The van der Waals surface area contributed by atoms with Crippen molar-refractivity contribution in [2.45, 2.75) is 0 Å². The Morgan fingerprint density at radius 3 is 2.08 bits per heavy atom. The molecule has 0 bridgehead atoms. The number of rotatable bonds is 6. The van der Waals surface area contributed by atoms with E-state index < -0.39 is 0 Å². The molecule has 2 amide bonds. The van der Waals surface area contributed by atoms with E-state index in [4.69, 9.17) is 0 Å². The number of nitrogens with zero attached hydrogens (tertiary/aromatic N) is 1. The zero-order chi connectivity index (χ0) is 17.5. The SMILES string of the molecule is CN(C)c1ccc(C(=O)NCCNC(=O)c2ccccc2I)cc1. The van der Waals surface area contributed by atoms with Gasteiger partial charge in [-0.15, -0.1) is 0 Å². The number of anilines is 1. The highest BCUT2D eigenvalue weighted by Gasteiger charge is 2.09. The summed E-state index contributed by atoms with van der Waals surface area (Å²) < 4.78 is 0.901. The number of benzene rings is 2. The molecule has 0 heterocycles. The standard InChI is InChI=1S/C18H20IN3O2/c1-22(2)14-9-7-13(8-10-14)17(23)20-11-12-21-18(24)15-5-3-4-6-16(15)19/h3-10H,11-12H2,1-2H3,(H,20,23)(H,21,24). The van der Waals surface area contributed by atoms with Crippen molar-refractivity contribution >= 4 is 40.1 Å². The lowest BCUT2D eigenvalue weighted by atomic mass is 10.2. The van der Waals surface area contributed by atoms with Crippen LogP contribution in [0, 0.1) is 3.57 Å². The largest absolute Gasteiger partial charge is 0.378 e. The zero-order valence-corrected chi connectivity index (χ0v) is 15.8. The average Bonchev–Trinajstić information content (AvgIpc) is 2.58. The summed E-state index contributed by atoms with van der Waals surface area (Å²) in [5, 5.41) is 5.61. The van der Waals surface area contributed by atoms with Crippen LogP contribution >= 0.6 is 22.6 Å². The van der Waals surface area contributed by atoms with E-state index in [1.54, 1.807) is 18.2 Å². The van der Waals surface area contributed by atoms with Crippen molar-refractivity contribution in [2.24, 2.45) is 0 Å². The van der Waals surface area contributed by atoms with Crippen LogP contribution < -0.4 is 15.5 Å². The van der Waals surface area contributed by atoms with E-state index in [0.717, 1.165) is 9.26 Å². The van der Waals surface area contributed by atoms with Crippen LogP contribution in [0.15, 0.2) is 48.5 Å². The fraction of sp³-hybridized carbons (Fsp3) is 0.222. The van der Waals surface area contributed by atoms with Crippen molar-refractivity contribution in [3.05, 3.63) is 63.2 Å². The molecule has 126 valence electrons. The Balaban J connectivity index is 1.78. The predicted octanol–water partition coefficient (Wildman–Crippen LogP) is 2.52. The molecule has 0 aromatic heterocycles. The van der Waals surface area contributed by atoms with Gasteiger partial charge in [0.05, 0.1) is 5.56 Å². The highest BCUT2D eigenvalue weighted by Crippen LogP contribution is 2.12. The van der Waals surface area contributed by atoms with Crippen LogP contribution in [-0.2, 0) is 0 Å². The zero-order valence-electron chi connectivity index (χ0n) is 13.7. The van der Waals surface area contributed by atoms with Crippen molar-refractivity contribution in [2.75, 3.05) is 32.1 Å². The van der Waals surface area contributed by atoms with Crippen LogP contribution in [0.2, 0.25) is 0 Å². The number of carbonyl (C=O) groups excluding carboxylic acids is 2. The van der Waals surface area contributed by atoms with Crippen molar-refractivity contribution in [1.29, 1.82) is 0 Å². The summed E-state index contributed by atoms with van der Waals surface area (Å²) in [4.78, 5) is 26.1. The molecular weight excluding hydrogens is 417 g/mol. The molecule has 0 radical (unpaired) electrons. The highest BCUT2D eigenvalue weighted by atomic mass is 127. The third-order valence-electron chi connectivity index (χ3n) is 3.46. The number of amides is 2. The van der Waals surface area contributed by atoms with E-state index in [-0.39, 0.29) is 11.8 Å². The summed E-state index contributed by atoms with van der Waals surface area (Å²) in [6, 6.07) is 14.8. The van der Waals surface area contributed by atoms with Gasteiger partial charge < -0.3 is 15.5 Å². The lowest BCUT2D eigenvalue weighted by molar-refractivity contribution is 0.0927. The fourth-order valence-electron chi connectivity index (χ4n) is 2.11. The van der Waals surface area contributed by atoms with E-state index in [0.29, 0.717) is 24.2 Å². The molecular formula is C18H20IN3O2. The molecule has 0 aliphatic heterocycles. The minimum absolute atomic E-state index is 0.135. The first kappa shape index (κ1) is 18.3. The van der Waals surface area contributed by atoms with Gasteiger partial charge in [0.15, 0.2) is 0 Å². The van der Waals surface area contributed by atoms with Gasteiger partial charge >= 0.3 is 0 Å². The van der Waals surface area contributed by atoms with Gasteiger partial charge in [0.2, 0.25) is 0 Å². The molecule has 2 N–H and O–H groups in total. The molecule has 0 aliphatic rings. The minimum Gasteiger partial charge on any atom is -0.378 e. The molecule has 5 nitrogen and oxygen atoms in total. The summed E-state index contributed by atoms with van der Waals surface area (Å²) in [6.45, 7) is 0.759. The first-order valence-corrected chi connectivity index (χ1v) is 8.65. The Morgan fingerprint density at radius 1 is 0.917 bits per heavy atom. The summed E-state index contributed by atoms with van der Waals surface area (Å²) in [7, 11) is 3.90. The van der Waals surface area contributed by atoms with E-state index in [9.17, 15) is 9.59 Å². The maximum atomic E-state index is 12.1. The summed E-state index contributed by atoms with van der Waals surface area (Å²) in [5.74, 6) is -0.284. The first-order valence-electron chi connectivity index (χ1n) is 7.57. The third kappa shape index (κ3) is 4.95. The second kappa shape index (κ2) is 8.68. The second-order valence-corrected chi connectivity index (χ2v) is 6.60. The van der Waals surface area contributed by atoms with Gasteiger partial charge in [-0.3, -0.25) is 9.59 Å². The summed E-state index contributed by atoms with van der Waals surface area (Å²) in [6.07, 6.45) is 0. The fourth-order valence-corrected chi connectivity index (χ4v) is 2.74. The average molecular weight is 437 g/mol. The monoisotopic (exact) mass is 437 g/mol. The number of hydrogen-bond acceptors (Lipinski definition) is 3.